The highest BCUT2D eigenvalue weighted by molar-refractivity contribution is 6.09. The lowest BCUT2D eigenvalue weighted by Crippen LogP contribution is -2.23. The largest absolute Gasteiger partial charge is 0.396 e. The van der Waals surface area contributed by atoms with E-state index in [0.717, 1.165) is 5.56 Å². The number of nitrogens with one attached hydrogen (secondary N) is 1. The standard InChI is InChI=1S/C25H30N4O4/c1-25(2,20-11-6-10-19(16-20)23(31)18-8-4-3-5-9-18)21-17-22(33-29-21)28-24(26)27-12-15-32-14-7-13-30/h3-6,8-11,16-17,30H,7,12-15H2,1-2H3,(H3,26,27,28). The van der Waals surface area contributed by atoms with Gasteiger partial charge in [-0.25, -0.2) is 0 Å². The van der Waals surface area contributed by atoms with Gasteiger partial charge in [0, 0.05) is 35.8 Å². The van der Waals surface area contributed by atoms with Gasteiger partial charge in [-0.1, -0.05) is 67.5 Å². The van der Waals surface area contributed by atoms with Gasteiger partial charge in [-0.05, 0) is 18.1 Å². The second-order valence-corrected chi connectivity index (χ2v) is 8.06. The summed E-state index contributed by atoms with van der Waals surface area (Å²) in [5.41, 5.74) is 8.28. The Morgan fingerprint density at radius 1 is 1.12 bits per heavy atom. The lowest BCUT2D eigenvalue weighted by Gasteiger charge is -2.22. The van der Waals surface area contributed by atoms with Gasteiger partial charge in [0.25, 0.3) is 0 Å². The molecule has 0 radical (unpaired) electrons. The topological polar surface area (TPSA) is 123 Å². The minimum atomic E-state index is -0.511. The number of aromatic nitrogens is 1. The maximum absolute atomic E-state index is 12.9. The van der Waals surface area contributed by atoms with E-state index in [1.165, 1.54) is 0 Å². The van der Waals surface area contributed by atoms with Crippen LogP contribution in [0.1, 0.15) is 47.4 Å². The second-order valence-electron chi connectivity index (χ2n) is 8.06. The number of carbonyl (C=O) groups excluding carboxylic acids is 1. The van der Waals surface area contributed by atoms with Gasteiger partial charge >= 0.3 is 0 Å². The Kier molecular flexibility index (Phi) is 8.34. The normalized spacial score (nSPS) is 12.0. The van der Waals surface area contributed by atoms with Crippen LogP contribution < -0.4 is 11.1 Å². The Hall–Kier alpha value is -3.49. The van der Waals surface area contributed by atoms with E-state index in [0.29, 0.717) is 48.9 Å². The molecule has 0 aliphatic rings. The summed E-state index contributed by atoms with van der Waals surface area (Å²) < 4.78 is 10.7. The third kappa shape index (κ3) is 6.50. The molecule has 0 amide bonds. The highest BCUT2D eigenvalue weighted by atomic mass is 16.5. The highest BCUT2D eigenvalue weighted by Crippen LogP contribution is 2.32. The maximum Gasteiger partial charge on any atom is 0.231 e. The fourth-order valence-electron chi connectivity index (χ4n) is 3.25. The minimum Gasteiger partial charge on any atom is -0.396 e. The lowest BCUT2D eigenvalue weighted by molar-refractivity contribution is 0.103. The van der Waals surface area contributed by atoms with E-state index in [2.05, 4.69) is 15.5 Å². The minimum absolute atomic E-state index is 0.0277. The summed E-state index contributed by atoms with van der Waals surface area (Å²) in [6.45, 7) is 5.42. The van der Waals surface area contributed by atoms with Gasteiger partial charge in [0.15, 0.2) is 11.7 Å². The molecule has 0 saturated heterocycles. The Labute approximate surface area is 193 Å². The van der Waals surface area contributed by atoms with Gasteiger partial charge in [-0.15, -0.1) is 0 Å². The number of ketones is 1. The summed E-state index contributed by atoms with van der Waals surface area (Å²) in [6, 6.07) is 18.5. The zero-order valence-corrected chi connectivity index (χ0v) is 19.0. The molecule has 8 heteroatoms. The van der Waals surface area contributed by atoms with Gasteiger partial charge in [0.05, 0.1) is 18.8 Å². The fraction of sp³-hybridized carbons (Fsp3) is 0.320. The van der Waals surface area contributed by atoms with Crippen LogP contribution in [0.5, 0.6) is 0 Å². The fourth-order valence-corrected chi connectivity index (χ4v) is 3.25. The van der Waals surface area contributed by atoms with Crippen molar-refractivity contribution >= 4 is 17.6 Å². The van der Waals surface area contributed by atoms with Gasteiger partial charge < -0.3 is 20.1 Å². The molecule has 2 aromatic carbocycles. The molecule has 0 aliphatic carbocycles. The molecule has 0 bridgehead atoms. The molecule has 0 aliphatic heterocycles. The third-order valence-corrected chi connectivity index (χ3v) is 5.25. The smallest absolute Gasteiger partial charge is 0.231 e. The summed E-state index contributed by atoms with van der Waals surface area (Å²) in [5.74, 6) is 0.536. The van der Waals surface area contributed by atoms with E-state index in [-0.39, 0.29) is 18.3 Å². The average Bonchev–Trinajstić information content (AvgIpc) is 3.31. The van der Waals surface area contributed by atoms with Crippen molar-refractivity contribution in [1.29, 1.82) is 0 Å². The van der Waals surface area contributed by atoms with Crippen LogP contribution in [0.15, 0.2) is 70.2 Å². The molecule has 33 heavy (non-hydrogen) atoms. The molecule has 8 nitrogen and oxygen atoms in total. The highest BCUT2D eigenvalue weighted by Gasteiger charge is 2.28. The first-order valence-corrected chi connectivity index (χ1v) is 10.8. The van der Waals surface area contributed by atoms with Crippen molar-refractivity contribution in [3.05, 3.63) is 83.0 Å². The van der Waals surface area contributed by atoms with Crippen molar-refractivity contribution < 1.29 is 19.2 Å². The predicted octanol–water partition coefficient (Wildman–Crippen LogP) is 3.36. The van der Waals surface area contributed by atoms with Crippen molar-refractivity contribution in [3.63, 3.8) is 0 Å². The summed E-state index contributed by atoms with van der Waals surface area (Å²) >= 11 is 0. The van der Waals surface area contributed by atoms with Crippen LogP contribution in [0.25, 0.3) is 0 Å². The maximum atomic E-state index is 12.9. The van der Waals surface area contributed by atoms with E-state index in [9.17, 15) is 4.79 Å². The number of nitrogens with two attached hydrogens (primary N) is 1. The van der Waals surface area contributed by atoms with Crippen LogP contribution >= 0.6 is 0 Å². The van der Waals surface area contributed by atoms with Crippen LogP contribution in [-0.2, 0) is 10.2 Å². The van der Waals surface area contributed by atoms with Gasteiger partial charge in [-0.3, -0.25) is 15.1 Å². The zero-order valence-electron chi connectivity index (χ0n) is 19.0. The SMILES string of the molecule is CC(C)(c1cccc(C(=O)c2ccccc2)c1)c1cc(NC(N)=NCCOCCCO)on1. The van der Waals surface area contributed by atoms with Crippen molar-refractivity contribution in [3.8, 4) is 0 Å². The molecule has 1 heterocycles. The summed E-state index contributed by atoms with van der Waals surface area (Å²) in [5, 5.41) is 15.8. The first kappa shape index (κ1) is 24.2. The van der Waals surface area contributed by atoms with E-state index < -0.39 is 5.41 Å². The number of aliphatic hydroxyl groups is 1. The Morgan fingerprint density at radius 3 is 2.64 bits per heavy atom. The van der Waals surface area contributed by atoms with E-state index in [4.69, 9.17) is 20.1 Å². The Bertz CT molecular complexity index is 1080. The lowest BCUT2D eigenvalue weighted by atomic mass is 9.80. The quantitative estimate of drug-likeness (QED) is 0.177. The number of hydrogen-bond donors (Lipinski definition) is 3. The summed E-state index contributed by atoms with van der Waals surface area (Å²) in [6.07, 6.45) is 0.595. The Balaban J connectivity index is 1.67. The molecular weight excluding hydrogens is 420 g/mol. The number of aliphatic imine (C=N–C) groups is 1. The number of aliphatic hydroxyl groups excluding tert-OH is 1. The number of rotatable bonds is 11. The van der Waals surface area contributed by atoms with E-state index in [1.54, 1.807) is 6.07 Å². The molecule has 0 saturated carbocycles. The first-order valence-electron chi connectivity index (χ1n) is 10.8. The van der Waals surface area contributed by atoms with E-state index in [1.807, 2.05) is 68.4 Å². The molecule has 3 aromatic rings. The number of hydrogen-bond acceptors (Lipinski definition) is 6. The molecule has 174 valence electrons. The summed E-state index contributed by atoms with van der Waals surface area (Å²) in [4.78, 5) is 17.0. The predicted molar refractivity (Wildman–Crippen MR) is 128 cm³/mol. The van der Waals surface area contributed by atoms with Crippen LogP contribution in [0, 0.1) is 0 Å². The van der Waals surface area contributed by atoms with Gasteiger partial charge in [-0.2, -0.15) is 0 Å². The third-order valence-electron chi connectivity index (χ3n) is 5.25. The number of nitrogens with zero attached hydrogens (tertiary/aromatic N) is 2. The van der Waals surface area contributed by atoms with Crippen LogP contribution in [0.2, 0.25) is 0 Å². The summed E-state index contributed by atoms with van der Waals surface area (Å²) in [7, 11) is 0. The van der Waals surface area contributed by atoms with Gasteiger partial charge in [0.1, 0.15) is 0 Å². The molecular formula is C25H30N4O4. The van der Waals surface area contributed by atoms with Crippen LogP contribution in [-0.4, -0.2) is 48.4 Å². The molecule has 0 atom stereocenters. The number of carbonyl (C=O) groups is 1. The van der Waals surface area contributed by atoms with Crippen molar-refractivity contribution in [2.24, 2.45) is 10.7 Å². The Morgan fingerprint density at radius 2 is 1.88 bits per heavy atom. The van der Waals surface area contributed by atoms with E-state index >= 15 is 0 Å². The number of benzene rings is 2. The van der Waals surface area contributed by atoms with Crippen molar-refractivity contribution in [2.75, 3.05) is 31.7 Å². The molecule has 3 rings (SSSR count). The number of anilines is 1. The van der Waals surface area contributed by atoms with Crippen molar-refractivity contribution in [1.82, 2.24) is 5.16 Å². The number of guanidine groups is 1. The molecule has 0 fully saturated rings. The second kappa shape index (κ2) is 11.4. The van der Waals surface area contributed by atoms with Crippen molar-refractivity contribution in [2.45, 2.75) is 25.7 Å². The molecule has 4 N–H and O–H groups in total. The molecule has 0 unspecified atom stereocenters. The molecule has 1 aromatic heterocycles. The first-order chi connectivity index (χ1) is 15.9. The van der Waals surface area contributed by atoms with Crippen LogP contribution in [0.4, 0.5) is 5.88 Å². The molecule has 0 spiro atoms. The number of ether oxygens (including phenoxy) is 1. The van der Waals surface area contributed by atoms with Crippen LogP contribution in [0.3, 0.4) is 0 Å². The monoisotopic (exact) mass is 450 g/mol. The van der Waals surface area contributed by atoms with Gasteiger partial charge in [0.2, 0.25) is 5.88 Å². The average molecular weight is 451 g/mol. The zero-order chi connectivity index (χ0) is 23.7.